The normalized spacial score (nSPS) is 10.6. The van der Waals surface area contributed by atoms with E-state index >= 15 is 0 Å². The summed E-state index contributed by atoms with van der Waals surface area (Å²) in [6.45, 7) is -1.02. The number of ether oxygens (including phenoxy) is 1. The van der Waals surface area contributed by atoms with E-state index in [1.54, 1.807) is 48.5 Å². The summed E-state index contributed by atoms with van der Waals surface area (Å²) in [6.07, 6.45) is 0. The summed E-state index contributed by atoms with van der Waals surface area (Å²) >= 11 is 0. The molecule has 0 bridgehead atoms. The number of esters is 1. The highest BCUT2D eigenvalue weighted by molar-refractivity contribution is 5.99. The first kappa shape index (κ1) is 23.0. The van der Waals surface area contributed by atoms with Crippen LogP contribution in [0.4, 0.5) is 23.0 Å². The number of nitrogen functional groups attached to an aromatic ring is 1. The van der Waals surface area contributed by atoms with E-state index in [-0.39, 0.29) is 41.2 Å². The summed E-state index contributed by atoms with van der Waals surface area (Å²) in [4.78, 5) is 39.5. The molecule has 11 heteroatoms. The number of pyridine rings is 1. The lowest BCUT2D eigenvalue weighted by molar-refractivity contribution is -0.137. The quantitative estimate of drug-likeness (QED) is 0.233. The number of amides is 2. The number of nitrogens with zero attached hydrogens (tertiary/aromatic N) is 3. The van der Waals surface area contributed by atoms with E-state index in [1.807, 2.05) is 0 Å². The molecule has 0 atom stereocenters. The number of carbonyl (C=O) groups excluding carboxylic acids is 3. The predicted octanol–water partition coefficient (Wildman–Crippen LogP) is 2.35. The smallest absolute Gasteiger partial charge is 0.337 e. The van der Waals surface area contributed by atoms with Crippen molar-refractivity contribution in [2.24, 2.45) is 10.2 Å². The second kappa shape index (κ2) is 11.1. The van der Waals surface area contributed by atoms with Gasteiger partial charge in [-0.25, -0.2) is 9.78 Å². The molecular weight excluding hydrogens is 428 g/mol. The summed E-state index contributed by atoms with van der Waals surface area (Å²) in [5.41, 5.74) is 6.79. The number of carbonyl (C=O) groups is 3. The van der Waals surface area contributed by atoms with Gasteiger partial charge in [-0.3, -0.25) is 9.59 Å². The third-order valence-corrected chi connectivity index (χ3v) is 4.10. The van der Waals surface area contributed by atoms with Crippen LogP contribution in [0.1, 0.15) is 10.4 Å². The van der Waals surface area contributed by atoms with Crippen molar-refractivity contribution in [2.75, 3.05) is 24.2 Å². The predicted molar refractivity (Wildman–Crippen MR) is 119 cm³/mol. The van der Waals surface area contributed by atoms with Gasteiger partial charge in [-0.2, -0.15) is 0 Å². The van der Waals surface area contributed by atoms with Crippen molar-refractivity contribution in [1.82, 2.24) is 10.3 Å². The number of rotatable bonds is 8. The maximum absolute atomic E-state index is 12.1. The minimum Gasteiger partial charge on any atom is -0.422 e. The Morgan fingerprint density at radius 3 is 2.36 bits per heavy atom. The van der Waals surface area contributed by atoms with Gasteiger partial charge in [-0.1, -0.05) is 30.3 Å². The molecule has 5 N–H and O–H groups in total. The number of aliphatic hydroxyl groups excluding tert-OH is 1. The van der Waals surface area contributed by atoms with Gasteiger partial charge in [0, 0.05) is 5.56 Å². The molecule has 0 fully saturated rings. The average molecular weight is 448 g/mol. The molecule has 1 aromatic heterocycles. The molecule has 2 aromatic carbocycles. The van der Waals surface area contributed by atoms with Gasteiger partial charge in [0.1, 0.15) is 23.8 Å². The highest BCUT2D eigenvalue weighted by atomic mass is 16.5. The Hall–Kier alpha value is -4.64. The summed E-state index contributed by atoms with van der Waals surface area (Å²) in [7, 11) is 0. The first-order valence-corrected chi connectivity index (χ1v) is 9.68. The molecule has 0 aliphatic heterocycles. The molecule has 0 spiro atoms. The van der Waals surface area contributed by atoms with Gasteiger partial charge in [0.2, 0.25) is 5.91 Å². The Bertz CT molecular complexity index is 1180. The monoisotopic (exact) mass is 448 g/mol. The lowest BCUT2D eigenvalue weighted by Crippen LogP contribution is -2.33. The Morgan fingerprint density at radius 1 is 0.939 bits per heavy atom. The molecular formula is C22H20N6O5. The van der Waals surface area contributed by atoms with Crippen LogP contribution in [0.15, 0.2) is 77.0 Å². The Morgan fingerprint density at radius 2 is 1.64 bits per heavy atom. The minimum absolute atomic E-state index is 0.00490. The van der Waals surface area contributed by atoms with Crippen LogP contribution in [0.5, 0.6) is 5.75 Å². The number of nitrogens with two attached hydrogens (primary N) is 1. The maximum atomic E-state index is 12.1. The van der Waals surface area contributed by atoms with Crippen LogP contribution in [0.2, 0.25) is 0 Å². The molecule has 168 valence electrons. The number of hydrogen-bond acceptors (Lipinski definition) is 9. The Balaban J connectivity index is 1.60. The fourth-order valence-electron chi connectivity index (χ4n) is 2.55. The molecule has 0 saturated heterocycles. The second-order valence-corrected chi connectivity index (χ2v) is 6.50. The molecule has 0 saturated carbocycles. The molecule has 3 aromatic rings. The highest BCUT2D eigenvalue weighted by Crippen LogP contribution is 2.30. The average Bonchev–Trinajstić information content (AvgIpc) is 2.83. The Kier molecular flexibility index (Phi) is 7.76. The van der Waals surface area contributed by atoms with E-state index in [9.17, 15) is 14.4 Å². The number of aliphatic hydroxyl groups is 1. The van der Waals surface area contributed by atoms with Crippen LogP contribution < -0.4 is 21.1 Å². The third-order valence-electron chi connectivity index (χ3n) is 4.10. The van der Waals surface area contributed by atoms with Crippen LogP contribution in [0.25, 0.3) is 0 Å². The van der Waals surface area contributed by atoms with Crippen molar-refractivity contribution in [2.45, 2.75) is 0 Å². The summed E-state index contributed by atoms with van der Waals surface area (Å²) in [5.74, 6) is -1.41. The lowest BCUT2D eigenvalue weighted by atomic mass is 10.2. The number of anilines is 2. The first-order valence-electron chi connectivity index (χ1n) is 9.68. The van der Waals surface area contributed by atoms with Crippen LogP contribution >= 0.6 is 0 Å². The molecule has 33 heavy (non-hydrogen) atoms. The fraction of sp³-hybridized carbons (Fsp3) is 0.0909. The molecule has 0 radical (unpaired) electrons. The zero-order chi connectivity index (χ0) is 23.6. The lowest BCUT2D eigenvalue weighted by Gasteiger charge is -2.08. The van der Waals surface area contributed by atoms with Gasteiger partial charge >= 0.3 is 5.97 Å². The molecule has 0 unspecified atom stereocenters. The third kappa shape index (κ3) is 6.67. The van der Waals surface area contributed by atoms with E-state index < -0.39 is 18.5 Å². The number of benzene rings is 2. The Labute approximate surface area is 188 Å². The van der Waals surface area contributed by atoms with Crippen molar-refractivity contribution < 1.29 is 24.2 Å². The summed E-state index contributed by atoms with van der Waals surface area (Å²) in [5, 5.41) is 21.9. The van der Waals surface area contributed by atoms with Gasteiger partial charge in [0.25, 0.3) is 5.91 Å². The SMILES string of the molecule is Nc1nc(NC(=O)CNC(=O)c2ccccc2)ccc1/N=N/c1ccccc1OC(=O)CO. The highest BCUT2D eigenvalue weighted by Gasteiger charge is 2.11. The zero-order valence-corrected chi connectivity index (χ0v) is 17.3. The van der Waals surface area contributed by atoms with Crippen molar-refractivity contribution in [3.63, 3.8) is 0 Å². The molecule has 11 nitrogen and oxygen atoms in total. The van der Waals surface area contributed by atoms with Gasteiger partial charge in [0.15, 0.2) is 11.6 Å². The van der Waals surface area contributed by atoms with Gasteiger partial charge in [0.05, 0.1) is 6.54 Å². The van der Waals surface area contributed by atoms with Crippen molar-refractivity contribution in [1.29, 1.82) is 0 Å². The van der Waals surface area contributed by atoms with Crippen LogP contribution in [0, 0.1) is 0 Å². The summed E-state index contributed by atoms with van der Waals surface area (Å²) < 4.78 is 4.98. The number of aromatic nitrogens is 1. The summed E-state index contributed by atoms with van der Waals surface area (Å²) in [6, 6.07) is 17.8. The van der Waals surface area contributed by atoms with Gasteiger partial charge in [-0.15, -0.1) is 10.2 Å². The molecule has 1 heterocycles. The van der Waals surface area contributed by atoms with E-state index in [4.69, 9.17) is 15.6 Å². The largest absolute Gasteiger partial charge is 0.422 e. The zero-order valence-electron chi connectivity index (χ0n) is 17.3. The number of para-hydroxylation sites is 1. The van der Waals surface area contributed by atoms with Gasteiger partial charge < -0.3 is 26.2 Å². The van der Waals surface area contributed by atoms with E-state index in [2.05, 4.69) is 25.8 Å². The van der Waals surface area contributed by atoms with E-state index in [0.29, 0.717) is 5.56 Å². The first-order chi connectivity index (χ1) is 16.0. The van der Waals surface area contributed by atoms with E-state index in [1.165, 1.54) is 18.2 Å². The van der Waals surface area contributed by atoms with Crippen molar-refractivity contribution in [3.8, 4) is 5.75 Å². The molecule has 2 amide bonds. The molecule has 3 rings (SSSR count). The maximum Gasteiger partial charge on any atom is 0.337 e. The number of hydrogen-bond donors (Lipinski definition) is 4. The van der Waals surface area contributed by atoms with Crippen LogP contribution in [0.3, 0.4) is 0 Å². The molecule has 0 aliphatic rings. The fourth-order valence-corrected chi connectivity index (χ4v) is 2.55. The van der Waals surface area contributed by atoms with Gasteiger partial charge in [-0.05, 0) is 36.4 Å². The van der Waals surface area contributed by atoms with Crippen LogP contribution in [-0.4, -0.2) is 41.0 Å². The second-order valence-electron chi connectivity index (χ2n) is 6.50. The van der Waals surface area contributed by atoms with Crippen molar-refractivity contribution in [3.05, 3.63) is 72.3 Å². The van der Waals surface area contributed by atoms with Crippen molar-refractivity contribution >= 4 is 40.8 Å². The van der Waals surface area contributed by atoms with Crippen LogP contribution in [-0.2, 0) is 9.59 Å². The number of nitrogens with one attached hydrogen (secondary N) is 2. The minimum atomic E-state index is -0.834. The van der Waals surface area contributed by atoms with E-state index in [0.717, 1.165) is 0 Å². The molecule has 0 aliphatic carbocycles. The number of azo groups is 1. The standard InChI is InChI=1S/C22H20N6O5/c23-21-16(28-27-15-8-4-5-9-17(15)33-20(31)13-29)10-11-18(26-21)25-19(30)12-24-22(32)14-6-2-1-3-7-14/h1-11,29H,12-13H2,(H,24,32)(H3,23,25,26,30)/b28-27+. The topological polar surface area (TPSA) is 168 Å².